The quantitative estimate of drug-likeness (QED) is 0.499. The molecule has 0 aliphatic carbocycles. The number of hydrogen-bond donors (Lipinski definition) is 2. The molecule has 0 radical (unpaired) electrons. The zero-order valence-electron chi connectivity index (χ0n) is 10.00. The van der Waals surface area contributed by atoms with Gasteiger partial charge in [0.2, 0.25) is 5.91 Å². The van der Waals surface area contributed by atoms with Crippen molar-refractivity contribution in [3.63, 3.8) is 0 Å². The Morgan fingerprint density at radius 3 is 3.19 bits per heavy atom. The maximum absolute atomic E-state index is 11.6. The van der Waals surface area contributed by atoms with Gasteiger partial charge in [-0.15, -0.1) is 6.58 Å². The molecule has 1 heterocycles. The number of amides is 1. The Labute approximate surface area is 97.4 Å². The maximum Gasteiger partial charge on any atom is 0.248 e. The van der Waals surface area contributed by atoms with Crippen molar-refractivity contribution in [1.82, 2.24) is 10.6 Å². The lowest BCUT2D eigenvalue weighted by Crippen LogP contribution is -2.41. The van der Waals surface area contributed by atoms with Crippen LogP contribution in [0.15, 0.2) is 12.7 Å². The van der Waals surface area contributed by atoms with Gasteiger partial charge in [0, 0.05) is 12.6 Å². The summed E-state index contributed by atoms with van der Waals surface area (Å²) in [5, 5.41) is 6.23. The molecule has 1 fully saturated rings. The highest BCUT2D eigenvalue weighted by molar-refractivity contribution is 5.80. The largest absolute Gasteiger partial charge is 0.368 e. The smallest absolute Gasteiger partial charge is 0.248 e. The van der Waals surface area contributed by atoms with Gasteiger partial charge < -0.3 is 15.4 Å². The molecule has 2 atom stereocenters. The lowest BCUT2D eigenvalue weighted by Gasteiger charge is -2.15. The molecule has 1 aliphatic heterocycles. The summed E-state index contributed by atoms with van der Waals surface area (Å²) >= 11 is 0. The van der Waals surface area contributed by atoms with E-state index in [0.29, 0.717) is 19.2 Å². The summed E-state index contributed by atoms with van der Waals surface area (Å²) in [5.41, 5.74) is 0. The zero-order valence-corrected chi connectivity index (χ0v) is 10.00. The molecule has 4 nitrogen and oxygen atoms in total. The average molecular weight is 226 g/mol. The second-order valence-electron chi connectivity index (χ2n) is 4.13. The number of carbonyl (C=O) groups excluding carboxylic acids is 1. The molecule has 0 aromatic heterocycles. The fraction of sp³-hybridized carbons (Fsp3) is 0.750. The standard InChI is InChI=1S/C12H22N2O2/c1-3-4-8-16-10(2)12(15)14-9-11-6-5-7-13-11/h3,10-11,13H,1,4-9H2,2H3,(H,14,15). The summed E-state index contributed by atoms with van der Waals surface area (Å²) in [4.78, 5) is 11.6. The molecule has 1 rings (SSSR count). The lowest BCUT2D eigenvalue weighted by atomic mass is 10.2. The van der Waals surface area contributed by atoms with Gasteiger partial charge in [-0.2, -0.15) is 0 Å². The third kappa shape index (κ3) is 4.77. The van der Waals surface area contributed by atoms with Crippen LogP contribution in [0.5, 0.6) is 0 Å². The third-order valence-corrected chi connectivity index (χ3v) is 2.74. The van der Waals surface area contributed by atoms with E-state index < -0.39 is 0 Å². The Bertz CT molecular complexity index is 225. The molecule has 0 bridgehead atoms. The minimum Gasteiger partial charge on any atom is -0.368 e. The zero-order chi connectivity index (χ0) is 11.8. The van der Waals surface area contributed by atoms with Gasteiger partial charge >= 0.3 is 0 Å². The van der Waals surface area contributed by atoms with E-state index in [1.807, 2.05) is 0 Å². The van der Waals surface area contributed by atoms with E-state index in [1.54, 1.807) is 13.0 Å². The van der Waals surface area contributed by atoms with E-state index in [4.69, 9.17) is 4.74 Å². The van der Waals surface area contributed by atoms with Crippen molar-refractivity contribution < 1.29 is 9.53 Å². The first-order valence-electron chi connectivity index (χ1n) is 5.97. The predicted octanol–water partition coefficient (Wildman–Crippen LogP) is 0.836. The molecular weight excluding hydrogens is 204 g/mol. The summed E-state index contributed by atoms with van der Waals surface area (Å²) in [5.74, 6) is -0.0298. The van der Waals surface area contributed by atoms with Crippen molar-refractivity contribution in [2.75, 3.05) is 19.7 Å². The molecule has 0 aromatic rings. The Kier molecular flexibility index (Phi) is 6.11. The van der Waals surface area contributed by atoms with Gasteiger partial charge in [-0.1, -0.05) is 6.08 Å². The highest BCUT2D eigenvalue weighted by Gasteiger charge is 2.17. The van der Waals surface area contributed by atoms with E-state index in [1.165, 1.54) is 6.42 Å². The number of hydrogen-bond acceptors (Lipinski definition) is 3. The van der Waals surface area contributed by atoms with Crippen LogP contribution in [-0.4, -0.2) is 37.7 Å². The maximum atomic E-state index is 11.6. The summed E-state index contributed by atoms with van der Waals surface area (Å²) in [6, 6.07) is 0.435. The predicted molar refractivity (Wildman–Crippen MR) is 64.3 cm³/mol. The van der Waals surface area contributed by atoms with Gasteiger partial charge in [0.1, 0.15) is 6.10 Å². The molecule has 4 heteroatoms. The number of carbonyl (C=O) groups is 1. The van der Waals surface area contributed by atoms with Crippen molar-refractivity contribution in [2.24, 2.45) is 0 Å². The average Bonchev–Trinajstić information content (AvgIpc) is 2.79. The fourth-order valence-electron chi connectivity index (χ4n) is 1.70. The first-order chi connectivity index (χ1) is 7.74. The van der Waals surface area contributed by atoms with Crippen LogP contribution < -0.4 is 10.6 Å². The van der Waals surface area contributed by atoms with Crippen molar-refractivity contribution in [3.8, 4) is 0 Å². The Hall–Kier alpha value is -0.870. The van der Waals surface area contributed by atoms with Crippen LogP contribution in [0.2, 0.25) is 0 Å². The minimum atomic E-state index is -0.374. The van der Waals surface area contributed by atoms with E-state index in [2.05, 4.69) is 17.2 Å². The van der Waals surface area contributed by atoms with Crippen LogP contribution in [0.3, 0.4) is 0 Å². The first kappa shape index (κ1) is 13.2. The molecule has 2 unspecified atom stereocenters. The highest BCUT2D eigenvalue weighted by Crippen LogP contribution is 2.03. The number of rotatable bonds is 7. The van der Waals surface area contributed by atoms with Gasteiger partial charge in [0.15, 0.2) is 0 Å². The Balaban J connectivity index is 2.10. The van der Waals surface area contributed by atoms with E-state index in [0.717, 1.165) is 19.4 Å². The molecule has 1 aliphatic rings. The molecule has 1 saturated heterocycles. The monoisotopic (exact) mass is 226 g/mol. The molecule has 0 saturated carbocycles. The highest BCUT2D eigenvalue weighted by atomic mass is 16.5. The SMILES string of the molecule is C=CCCOC(C)C(=O)NCC1CCCN1. The lowest BCUT2D eigenvalue weighted by molar-refractivity contribution is -0.131. The Morgan fingerprint density at radius 2 is 2.56 bits per heavy atom. The van der Waals surface area contributed by atoms with Gasteiger partial charge in [-0.25, -0.2) is 0 Å². The van der Waals surface area contributed by atoms with Crippen molar-refractivity contribution in [3.05, 3.63) is 12.7 Å². The topological polar surface area (TPSA) is 50.4 Å². The molecule has 16 heavy (non-hydrogen) atoms. The van der Waals surface area contributed by atoms with Crippen LogP contribution in [0.1, 0.15) is 26.2 Å². The normalized spacial score (nSPS) is 21.7. The number of ether oxygens (including phenoxy) is 1. The van der Waals surface area contributed by atoms with Crippen molar-refractivity contribution >= 4 is 5.91 Å². The van der Waals surface area contributed by atoms with Crippen LogP contribution in [-0.2, 0) is 9.53 Å². The van der Waals surface area contributed by atoms with Gasteiger partial charge in [-0.3, -0.25) is 4.79 Å². The van der Waals surface area contributed by atoms with E-state index >= 15 is 0 Å². The summed E-state index contributed by atoms with van der Waals surface area (Å²) in [6.45, 7) is 7.70. The van der Waals surface area contributed by atoms with E-state index in [9.17, 15) is 4.79 Å². The fourth-order valence-corrected chi connectivity index (χ4v) is 1.70. The molecule has 92 valence electrons. The summed E-state index contributed by atoms with van der Waals surface area (Å²) in [6.07, 6.45) is 4.54. The van der Waals surface area contributed by atoms with Crippen LogP contribution in [0.25, 0.3) is 0 Å². The molecule has 2 N–H and O–H groups in total. The molecule has 0 spiro atoms. The molecule has 0 aromatic carbocycles. The van der Waals surface area contributed by atoms with Gasteiger partial charge in [0.25, 0.3) is 0 Å². The second kappa shape index (κ2) is 7.41. The first-order valence-corrected chi connectivity index (χ1v) is 5.97. The molecular formula is C12H22N2O2. The third-order valence-electron chi connectivity index (χ3n) is 2.74. The van der Waals surface area contributed by atoms with Crippen molar-refractivity contribution in [1.29, 1.82) is 0 Å². The van der Waals surface area contributed by atoms with Crippen LogP contribution in [0.4, 0.5) is 0 Å². The van der Waals surface area contributed by atoms with Crippen molar-refractivity contribution in [2.45, 2.75) is 38.3 Å². The second-order valence-corrected chi connectivity index (χ2v) is 4.13. The minimum absolute atomic E-state index is 0.0298. The van der Waals surface area contributed by atoms with Gasteiger partial charge in [0.05, 0.1) is 6.61 Å². The van der Waals surface area contributed by atoms with Gasteiger partial charge in [-0.05, 0) is 32.7 Å². The molecule has 1 amide bonds. The Morgan fingerprint density at radius 1 is 1.75 bits per heavy atom. The van der Waals surface area contributed by atoms with E-state index in [-0.39, 0.29) is 12.0 Å². The number of nitrogens with one attached hydrogen (secondary N) is 2. The summed E-state index contributed by atoms with van der Waals surface area (Å²) < 4.78 is 5.36. The summed E-state index contributed by atoms with van der Waals surface area (Å²) in [7, 11) is 0. The van der Waals surface area contributed by atoms with Crippen LogP contribution in [0, 0.1) is 0 Å². The van der Waals surface area contributed by atoms with Crippen LogP contribution >= 0.6 is 0 Å².